The van der Waals surface area contributed by atoms with Crippen molar-refractivity contribution < 1.29 is 9.53 Å². The molecule has 6 nitrogen and oxygen atoms in total. The molecule has 3 saturated carbocycles. The summed E-state index contributed by atoms with van der Waals surface area (Å²) in [6.07, 6.45) is 21.0. The molecule has 0 heterocycles. The summed E-state index contributed by atoms with van der Waals surface area (Å²) < 4.78 is 5.97. The number of carbonyl (C=O) groups excluding carboxylic acids is 1. The molecule has 0 saturated heterocycles. The van der Waals surface area contributed by atoms with E-state index in [4.69, 9.17) is 10.5 Å². The second-order valence-electron chi connectivity index (χ2n) is 16.2. The molecule has 0 aromatic carbocycles. The van der Waals surface area contributed by atoms with E-state index in [9.17, 15) is 4.79 Å². The van der Waals surface area contributed by atoms with Crippen molar-refractivity contribution in [1.29, 1.82) is 0 Å². The Kier molecular flexibility index (Phi) is 13.9. The molecule has 44 heavy (non-hydrogen) atoms. The van der Waals surface area contributed by atoms with Gasteiger partial charge in [0.2, 0.25) is 0 Å². The van der Waals surface area contributed by atoms with E-state index in [2.05, 4.69) is 56.6 Å². The van der Waals surface area contributed by atoms with Gasteiger partial charge in [-0.05, 0) is 150 Å². The van der Waals surface area contributed by atoms with Gasteiger partial charge in [-0.25, -0.2) is 4.79 Å². The molecule has 4 rings (SSSR count). The maximum Gasteiger partial charge on any atom is 0.407 e. The third kappa shape index (κ3) is 9.03. The van der Waals surface area contributed by atoms with Gasteiger partial charge in [0.1, 0.15) is 6.10 Å². The highest BCUT2D eigenvalue weighted by Gasteiger charge is 2.59. The molecule has 6 heteroatoms. The van der Waals surface area contributed by atoms with Crippen LogP contribution in [0.2, 0.25) is 0 Å². The van der Waals surface area contributed by atoms with Gasteiger partial charge in [0.15, 0.2) is 0 Å². The average molecular weight is 615 g/mol. The number of hydrogen-bond donors (Lipinski definition) is 4. The summed E-state index contributed by atoms with van der Waals surface area (Å²) in [6.45, 7) is 18.0. The number of amides is 1. The number of nitrogens with two attached hydrogens (primary N) is 1. The second kappa shape index (κ2) is 17.2. The monoisotopic (exact) mass is 615 g/mol. The fraction of sp³-hybridized carbons (Fsp3) is 0.921. The van der Waals surface area contributed by atoms with E-state index in [0.717, 1.165) is 93.9 Å². The van der Waals surface area contributed by atoms with Gasteiger partial charge in [0, 0.05) is 13.0 Å². The fourth-order valence-electron chi connectivity index (χ4n) is 10.3. The van der Waals surface area contributed by atoms with E-state index in [1.807, 2.05) is 0 Å². The molecule has 0 aromatic heterocycles. The maximum absolute atomic E-state index is 12.6. The summed E-state index contributed by atoms with van der Waals surface area (Å²) in [5, 5.41) is 9.92. The molecule has 0 aromatic rings. The standard InChI is InChI=1S/C38H70N4O2/c1-28(2)11-8-12-29(3)33-15-16-34-32-14-13-30-27-31(17-19-37(30,4)35(32)18-20-38(33,34)5)44-36(43)42-26-10-25-41-23-7-6-22-40-24-9-21-39/h13,28-29,31-35,40-41H,6-12,14-27,39H2,1-5H3,(H,42,43)/t29-,31+,32+,33-,34+,35+,37+,38-/m1/s1. The van der Waals surface area contributed by atoms with Crippen LogP contribution in [0, 0.1) is 46.3 Å². The van der Waals surface area contributed by atoms with Crippen LogP contribution in [0.4, 0.5) is 4.79 Å². The average Bonchev–Trinajstić information content (AvgIpc) is 3.35. The van der Waals surface area contributed by atoms with Crippen LogP contribution in [0.5, 0.6) is 0 Å². The van der Waals surface area contributed by atoms with E-state index >= 15 is 0 Å². The Morgan fingerprint density at radius 2 is 1.61 bits per heavy atom. The summed E-state index contributed by atoms with van der Waals surface area (Å²) >= 11 is 0. The van der Waals surface area contributed by atoms with Crippen molar-refractivity contribution in [2.45, 2.75) is 137 Å². The van der Waals surface area contributed by atoms with Crippen molar-refractivity contribution in [3.8, 4) is 0 Å². The lowest BCUT2D eigenvalue weighted by Crippen LogP contribution is -2.51. The Morgan fingerprint density at radius 1 is 0.886 bits per heavy atom. The van der Waals surface area contributed by atoms with E-state index in [1.165, 1.54) is 70.6 Å². The first-order valence-corrected chi connectivity index (χ1v) is 18.9. The minimum Gasteiger partial charge on any atom is -0.446 e. The van der Waals surface area contributed by atoms with Gasteiger partial charge in [0.05, 0.1) is 0 Å². The zero-order valence-corrected chi connectivity index (χ0v) is 29.4. The number of fused-ring (bicyclic) bond motifs is 5. The lowest BCUT2D eigenvalue weighted by molar-refractivity contribution is -0.0581. The first-order valence-electron chi connectivity index (χ1n) is 18.9. The molecule has 3 fully saturated rings. The SMILES string of the molecule is CC(C)CCC[C@@H](C)[C@H]1CC[C@H]2[C@@H]3CC=C4C[C@@H](OC(=O)NCCCNCCCCNCCCN)CC[C@]4(C)[C@H]3CC[C@]12C. The smallest absolute Gasteiger partial charge is 0.407 e. The first-order chi connectivity index (χ1) is 21.2. The zero-order chi connectivity index (χ0) is 31.6. The van der Waals surface area contributed by atoms with E-state index in [0.29, 0.717) is 17.4 Å². The van der Waals surface area contributed by atoms with Gasteiger partial charge in [0.25, 0.3) is 0 Å². The Balaban J connectivity index is 1.17. The van der Waals surface area contributed by atoms with Gasteiger partial charge >= 0.3 is 6.09 Å². The third-order valence-corrected chi connectivity index (χ3v) is 12.8. The van der Waals surface area contributed by atoms with Gasteiger partial charge in [-0.3, -0.25) is 0 Å². The Bertz CT molecular complexity index is 907. The molecule has 0 radical (unpaired) electrons. The van der Waals surface area contributed by atoms with Crippen LogP contribution in [-0.2, 0) is 4.74 Å². The lowest BCUT2D eigenvalue weighted by Gasteiger charge is -2.58. The summed E-state index contributed by atoms with van der Waals surface area (Å²) in [4.78, 5) is 12.6. The highest BCUT2D eigenvalue weighted by atomic mass is 16.6. The Hall–Kier alpha value is -1.11. The number of allylic oxidation sites excluding steroid dienone is 1. The zero-order valence-electron chi connectivity index (χ0n) is 29.4. The molecule has 1 amide bonds. The van der Waals surface area contributed by atoms with Gasteiger partial charge < -0.3 is 26.4 Å². The van der Waals surface area contributed by atoms with Gasteiger partial charge in [-0.15, -0.1) is 0 Å². The molecular formula is C38H70N4O2. The number of rotatable bonds is 18. The number of nitrogens with one attached hydrogen (secondary N) is 3. The fourth-order valence-corrected chi connectivity index (χ4v) is 10.3. The quantitative estimate of drug-likeness (QED) is 0.0934. The van der Waals surface area contributed by atoms with Crippen LogP contribution >= 0.6 is 0 Å². The van der Waals surface area contributed by atoms with E-state index < -0.39 is 0 Å². The second-order valence-corrected chi connectivity index (χ2v) is 16.2. The lowest BCUT2D eigenvalue weighted by atomic mass is 9.47. The molecule has 0 bridgehead atoms. The molecule has 0 spiro atoms. The highest BCUT2D eigenvalue weighted by molar-refractivity contribution is 5.67. The van der Waals surface area contributed by atoms with Crippen molar-refractivity contribution >= 4 is 6.09 Å². The number of alkyl carbamates (subject to hydrolysis) is 1. The molecule has 4 aliphatic rings. The van der Waals surface area contributed by atoms with E-state index in [1.54, 1.807) is 5.57 Å². The summed E-state index contributed by atoms with van der Waals surface area (Å²) in [7, 11) is 0. The molecule has 254 valence electrons. The topological polar surface area (TPSA) is 88.4 Å². The van der Waals surface area contributed by atoms with E-state index in [-0.39, 0.29) is 12.2 Å². The molecular weight excluding hydrogens is 544 g/mol. The van der Waals surface area contributed by atoms with Crippen molar-refractivity contribution in [1.82, 2.24) is 16.0 Å². The molecule has 4 aliphatic carbocycles. The summed E-state index contributed by atoms with van der Waals surface area (Å²) in [5.41, 5.74) is 7.95. The van der Waals surface area contributed by atoms with Crippen LogP contribution in [0.1, 0.15) is 131 Å². The maximum atomic E-state index is 12.6. The normalized spacial score (nSPS) is 33.7. The molecule has 5 N–H and O–H groups in total. The Labute approximate surface area is 271 Å². The van der Waals surface area contributed by atoms with Crippen LogP contribution in [0.3, 0.4) is 0 Å². The number of unbranched alkanes of at least 4 members (excludes halogenated alkanes) is 1. The molecule has 0 aliphatic heterocycles. The number of carbonyl (C=O) groups is 1. The van der Waals surface area contributed by atoms with Gasteiger partial charge in [-0.2, -0.15) is 0 Å². The predicted octanol–water partition coefficient (Wildman–Crippen LogP) is 7.82. The van der Waals surface area contributed by atoms with Crippen molar-refractivity contribution in [2.75, 3.05) is 39.3 Å². The van der Waals surface area contributed by atoms with Crippen molar-refractivity contribution in [2.24, 2.45) is 52.1 Å². The van der Waals surface area contributed by atoms with Crippen molar-refractivity contribution in [3.05, 3.63) is 11.6 Å². The minimum atomic E-state index is -0.232. The summed E-state index contributed by atoms with van der Waals surface area (Å²) in [5.74, 6) is 5.16. The van der Waals surface area contributed by atoms with Crippen LogP contribution in [-0.4, -0.2) is 51.5 Å². The Morgan fingerprint density at radius 3 is 2.34 bits per heavy atom. The first kappa shape index (κ1) is 35.7. The number of ether oxygens (including phenoxy) is 1. The largest absolute Gasteiger partial charge is 0.446 e. The van der Waals surface area contributed by atoms with Gasteiger partial charge in [-0.1, -0.05) is 65.5 Å². The molecule has 8 atom stereocenters. The highest BCUT2D eigenvalue weighted by Crippen LogP contribution is 2.67. The predicted molar refractivity (Wildman–Crippen MR) is 185 cm³/mol. The summed E-state index contributed by atoms with van der Waals surface area (Å²) in [6, 6.07) is 0. The molecule has 0 unspecified atom stereocenters. The van der Waals surface area contributed by atoms with Crippen molar-refractivity contribution in [3.63, 3.8) is 0 Å². The van der Waals surface area contributed by atoms with Crippen LogP contribution in [0.25, 0.3) is 0 Å². The minimum absolute atomic E-state index is 0.0267. The number of hydrogen-bond acceptors (Lipinski definition) is 5. The van der Waals surface area contributed by atoms with Crippen LogP contribution < -0.4 is 21.7 Å². The van der Waals surface area contributed by atoms with Crippen LogP contribution in [0.15, 0.2) is 11.6 Å². The third-order valence-electron chi connectivity index (χ3n) is 12.8.